The first-order valence-electron chi connectivity index (χ1n) is 5.66. The first kappa shape index (κ1) is 15.9. The van der Waals surface area contributed by atoms with Crippen LogP contribution in [0, 0.1) is 12.3 Å². The van der Waals surface area contributed by atoms with Gasteiger partial charge in [-0.1, -0.05) is 5.92 Å². The van der Waals surface area contributed by atoms with Crippen LogP contribution in [0.25, 0.3) is 0 Å². The average Bonchev–Trinajstić information content (AvgIpc) is 2.25. The quantitative estimate of drug-likeness (QED) is 0.489. The molecule has 0 aliphatic rings. The van der Waals surface area contributed by atoms with Gasteiger partial charge in [0.1, 0.15) is 5.60 Å². The second-order valence-corrected chi connectivity index (χ2v) is 5.13. The van der Waals surface area contributed by atoms with Crippen molar-refractivity contribution in [3.63, 3.8) is 0 Å². The zero-order chi connectivity index (χ0) is 15.7. The summed E-state index contributed by atoms with van der Waals surface area (Å²) in [5.74, 6) is 1.09. The Balaban J connectivity index is 3.40. The first-order valence-corrected chi connectivity index (χ1v) is 5.66. The Morgan fingerprint density at radius 3 is 2.25 bits per heavy atom. The van der Waals surface area contributed by atoms with E-state index >= 15 is 0 Å². The lowest BCUT2D eigenvalue weighted by molar-refractivity contribution is -0.137. The predicted octanol–water partition coefficient (Wildman–Crippen LogP) is 3.22. The van der Waals surface area contributed by atoms with Crippen LogP contribution in [0.2, 0.25) is 0 Å². The molecule has 0 saturated heterocycles. The van der Waals surface area contributed by atoms with Gasteiger partial charge < -0.3 is 10.5 Å². The van der Waals surface area contributed by atoms with E-state index in [2.05, 4.69) is 0 Å². The topological polar surface area (TPSA) is 52.3 Å². The third kappa shape index (κ3) is 3.67. The molecule has 0 spiro atoms. The summed E-state index contributed by atoms with van der Waals surface area (Å²) in [6.07, 6.45) is 0.481. The zero-order valence-corrected chi connectivity index (χ0v) is 11.3. The molecule has 6 heteroatoms. The van der Waals surface area contributed by atoms with Crippen molar-refractivity contribution in [1.29, 1.82) is 0 Å². The van der Waals surface area contributed by atoms with Crippen LogP contribution < -0.4 is 5.73 Å². The highest BCUT2D eigenvalue weighted by atomic mass is 19.4. The molecule has 0 atom stereocenters. The molecule has 0 bridgehead atoms. The Morgan fingerprint density at radius 1 is 1.30 bits per heavy atom. The zero-order valence-electron chi connectivity index (χ0n) is 11.3. The summed E-state index contributed by atoms with van der Waals surface area (Å²) in [5.41, 5.74) is 2.94. The summed E-state index contributed by atoms with van der Waals surface area (Å²) in [6, 6.07) is 1.37. The molecule has 1 aromatic rings. The molecule has 1 aromatic carbocycles. The average molecular weight is 285 g/mol. The fourth-order valence-corrected chi connectivity index (χ4v) is 1.44. The van der Waals surface area contributed by atoms with Crippen LogP contribution in [0.4, 0.5) is 18.9 Å². The lowest BCUT2D eigenvalue weighted by atomic mass is 10.0. The maximum atomic E-state index is 12.8. The third-order valence-electron chi connectivity index (χ3n) is 2.28. The van der Waals surface area contributed by atoms with Crippen molar-refractivity contribution in [3.05, 3.63) is 28.8 Å². The number of halogens is 3. The van der Waals surface area contributed by atoms with Crippen LogP contribution in [0.5, 0.6) is 0 Å². The van der Waals surface area contributed by atoms with Gasteiger partial charge in [-0.15, -0.1) is 6.42 Å². The lowest BCUT2D eigenvalue weighted by Crippen LogP contribution is -2.25. The molecule has 0 unspecified atom stereocenters. The second kappa shape index (κ2) is 5.08. The number of ether oxygens (including phenoxy) is 1. The molecule has 0 fully saturated rings. The van der Waals surface area contributed by atoms with Gasteiger partial charge in [0.25, 0.3) is 0 Å². The maximum absolute atomic E-state index is 12.8. The molecule has 20 heavy (non-hydrogen) atoms. The van der Waals surface area contributed by atoms with Crippen LogP contribution in [0.3, 0.4) is 0 Å². The van der Waals surface area contributed by atoms with E-state index in [0.29, 0.717) is 6.07 Å². The Bertz CT molecular complexity index is 578. The SMILES string of the molecule is C#Cc1cc(C(F)(F)F)cc(C(=O)OC(C)(C)C)c1N. The molecule has 0 heterocycles. The molecule has 0 aliphatic heterocycles. The third-order valence-corrected chi connectivity index (χ3v) is 2.28. The van der Waals surface area contributed by atoms with Crippen LogP contribution >= 0.6 is 0 Å². The van der Waals surface area contributed by atoms with Gasteiger partial charge in [-0.2, -0.15) is 13.2 Å². The molecule has 2 N–H and O–H groups in total. The monoisotopic (exact) mass is 285 g/mol. The number of rotatable bonds is 1. The smallest absolute Gasteiger partial charge is 0.416 e. The number of benzene rings is 1. The van der Waals surface area contributed by atoms with Gasteiger partial charge in [0, 0.05) is 5.56 Å². The number of alkyl halides is 3. The fraction of sp³-hybridized carbons (Fsp3) is 0.357. The highest BCUT2D eigenvalue weighted by Gasteiger charge is 2.33. The van der Waals surface area contributed by atoms with Crippen molar-refractivity contribution in [3.8, 4) is 12.3 Å². The number of nitrogens with two attached hydrogens (primary N) is 1. The molecular weight excluding hydrogens is 271 g/mol. The van der Waals surface area contributed by atoms with Gasteiger partial charge in [0.2, 0.25) is 0 Å². The van der Waals surface area contributed by atoms with Gasteiger partial charge >= 0.3 is 12.1 Å². The van der Waals surface area contributed by atoms with E-state index in [-0.39, 0.29) is 16.8 Å². The van der Waals surface area contributed by atoms with E-state index in [0.717, 1.165) is 6.07 Å². The highest BCUT2D eigenvalue weighted by Crippen LogP contribution is 2.33. The van der Waals surface area contributed by atoms with Gasteiger partial charge in [-0.25, -0.2) is 4.79 Å². The minimum Gasteiger partial charge on any atom is -0.456 e. The molecule has 0 aliphatic carbocycles. The number of hydrogen-bond donors (Lipinski definition) is 1. The summed E-state index contributed by atoms with van der Waals surface area (Å²) in [5, 5.41) is 0. The second-order valence-electron chi connectivity index (χ2n) is 5.13. The van der Waals surface area contributed by atoms with E-state index in [1.54, 1.807) is 20.8 Å². The van der Waals surface area contributed by atoms with Crippen molar-refractivity contribution < 1.29 is 22.7 Å². The normalized spacial score (nSPS) is 11.8. The van der Waals surface area contributed by atoms with Gasteiger partial charge in [-0.3, -0.25) is 0 Å². The number of terminal acetylenes is 1. The number of hydrogen-bond acceptors (Lipinski definition) is 3. The van der Waals surface area contributed by atoms with Crippen molar-refractivity contribution in [2.24, 2.45) is 0 Å². The molecule has 108 valence electrons. The van der Waals surface area contributed by atoms with Gasteiger partial charge in [-0.05, 0) is 32.9 Å². The van der Waals surface area contributed by atoms with E-state index in [1.807, 2.05) is 5.92 Å². The Morgan fingerprint density at radius 2 is 1.85 bits per heavy atom. The number of esters is 1. The van der Waals surface area contributed by atoms with Crippen LogP contribution in [-0.2, 0) is 10.9 Å². The maximum Gasteiger partial charge on any atom is 0.416 e. The molecule has 0 radical (unpaired) electrons. The Hall–Kier alpha value is -2.16. The Labute approximate surface area is 114 Å². The van der Waals surface area contributed by atoms with Crippen molar-refractivity contribution in [2.45, 2.75) is 32.5 Å². The summed E-state index contributed by atoms with van der Waals surface area (Å²) in [6.45, 7) is 4.78. The molecular formula is C14H14F3NO2. The van der Waals surface area contributed by atoms with Crippen molar-refractivity contribution >= 4 is 11.7 Å². The first-order chi connectivity index (χ1) is 8.95. The number of nitrogen functional groups attached to an aromatic ring is 1. The number of anilines is 1. The summed E-state index contributed by atoms with van der Waals surface area (Å²) < 4.78 is 43.3. The van der Waals surface area contributed by atoms with E-state index in [4.69, 9.17) is 16.9 Å². The molecule has 0 aromatic heterocycles. The van der Waals surface area contributed by atoms with E-state index in [1.165, 1.54) is 0 Å². The summed E-state index contributed by atoms with van der Waals surface area (Å²) >= 11 is 0. The molecule has 3 nitrogen and oxygen atoms in total. The van der Waals surface area contributed by atoms with E-state index in [9.17, 15) is 18.0 Å². The largest absolute Gasteiger partial charge is 0.456 e. The summed E-state index contributed by atoms with van der Waals surface area (Å²) in [7, 11) is 0. The fourth-order valence-electron chi connectivity index (χ4n) is 1.44. The standard InChI is InChI=1S/C14H14F3NO2/c1-5-8-6-9(14(15,16)17)7-10(11(8)18)12(19)20-13(2,3)4/h1,6-7H,18H2,2-4H3. The Kier molecular flexibility index (Phi) is 4.04. The lowest BCUT2D eigenvalue weighted by Gasteiger charge is -2.21. The van der Waals surface area contributed by atoms with Crippen molar-refractivity contribution in [2.75, 3.05) is 5.73 Å². The minimum atomic E-state index is -4.63. The highest BCUT2D eigenvalue weighted by molar-refractivity contribution is 5.97. The van der Waals surface area contributed by atoms with Crippen LogP contribution in [0.15, 0.2) is 12.1 Å². The number of carbonyl (C=O) groups is 1. The van der Waals surface area contributed by atoms with E-state index < -0.39 is 23.3 Å². The van der Waals surface area contributed by atoms with Crippen LogP contribution in [-0.4, -0.2) is 11.6 Å². The number of carbonyl (C=O) groups excluding carboxylic acids is 1. The van der Waals surface area contributed by atoms with Gasteiger partial charge in [0.15, 0.2) is 0 Å². The van der Waals surface area contributed by atoms with Crippen LogP contribution in [0.1, 0.15) is 42.3 Å². The molecule has 0 saturated carbocycles. The minimum absolute atomic E-state index is 0.194. The van der Waals surface area contributed by atoms with Crippen molar-refractivity contribution in [1.82, 2.24) is 0 Å². The molecule has 0 amide bonds. The predicted molar refractivity (Wildman–Crippen MR) is 69.0 cm³/mol. The summed E-state index contributed by atoms with van der Waals surface area (Å²) in [4.78, 5) is 11.9. The van der Waals surface area contributed by atoms with Gasteiger partial charge in [0.05, 0.1) is 16.8 Å². The molecule has 1 rings (SSSR count).